The highest BCUT2D eigenvalue weighted by atomic mass is 16.5. The number of aliphatic hydroxyl groups is 1. The van der Waals surface area contributed by atoms with Crippen LogP contribution in [0.3, 0.4) is 0 Å². The quantitative estimate of drug-likeness (QED) is 0.479. The summed E-state index contributed by atoms with van der Waals surface area (Å²) < 4.78 is 6.55. The summed E-state index contributed by atoms with van der Waals surface area (Å²) in [6.07, 6.45) is 3.67. The Morgan fingerprint density at radius 3 is 2.35 bits per heavy atom. The summed E-state index contributed by atoms with van der Waals surface area (Å²) in [6.45, 7) is 10.3. The summed E-state index contributed by atoms with van der Waals surface area (Å²) in [5.74, 6) is -1.32. The first-order chi connectivity index (χ1) is 15.7. The minimum atomic E-state index is -0.886. The molecule has 1 saturated carbocycles. The maximum atomic E-state index is 14.0. The molecule has 7 nitrogen and oxygen atoms in total. The van der Waals surface area contributed by atoms with E-state index in [-0.39, 0.29) is 59.9 Å². The van der Waals surface area contributed by atoms with Crippen LogP contribution in [0.25, 0.3) is 0 Å². The zero-order chi connectivity index (χ0) is 25.3. The van der Waals surface area contributed by atoms with Crippen molar-refractivity contribution in [3.8, 4) is 0 Å². The summed E-state index contributed by atoms with van der Waals surface area (Å²) >= 11 is 0. The summed E-state index contributed by atoms with van der Waals surface area (Å²) in [5.41, 5.74) is -0.296. The van der Waals surface area contributed by atoms with Crippen LogP contribution in [-0.2, 0) is 19.1 Å². The molecule has 0 aromatic rings. The van der Waals surface area contributed by atoms with E-state index in [1.165, 1.54) is 0 Å². The number of hydrogen-bond donors (Lipinski definition) is 3. The molecule has 2 bridgehead atoms. The van der Waals surface area contributed by atoms with Crippen molar-refractivity contribution in [1.82, 2.24) is 0 Å². The molecule has 0 aromatic carbocycles. The topological polar surface area (TPSA) is 121 Å². The fourth-order valence-corrected chi connectivity index (χ4v) is 8.70. The van der Waals surface area contributed by atoms with Crippen LogP contribution in [0.4, 0.5) is 0 Å². The van der Waals surface area contributed by atoms with Gasteiger partial charge < -0.3 is 20.1 Å². The molecule has 4 rings (SSSR count). The average Bonchev–Trinajstić information content (AvgIpc) is 3.21. The first-order valence-corrected chi connectivity index (χ1v) is 12.7. The second-order valence-electron chi connectivity index (χ2n) is 12.4. The minimum absolute atomic E-state index is 0.0356. The molecule has 2 fully saturated rings. The van der Waals surface area contributed by atoms with E-state index in [0.29, 0.717) is 25.7 Å². The number of carbonyl (C=O) groups excluding carboxylic acids is 1. The van der Waals surface area contributed by atoms with Gasteiger partial charge in [0.25, 0.3) is 0 Å². The van der Waals surface area contributed by atoms with Crippen LogP contribution in [0.15, 0.2) is 11.1 Å². The molecular formula is C27H40O7. The number of ether oxygens (including phenoxy) is 1. The van der Waals surface area contributed by atoms with Crippen LogP contribution in [0.5, 0.6) is 0 Å². The zero-order valence-electron chi connectivity index (χ0n) is 21.1. The van der Waals surface area contributed by atoms with Crippen LogP contribution < -0.4 is 0 Å². The normalized spacial score (nSPS) is 44.1. The highest BCUT2D eigenvalue weighted by Gasteiger charge is 2.69. The molecule has 34 heavy (non-hydrogen) atoms. The summed E-state index contributed by atoms with van der Waals surface area (Å²) in [7, 11) is 0. The Hall–Kier alpha value is -1.73. The smallest absolute Gasteiger partial charge is 0.303 e. The highest BCUT2D eigenvalue weighted by molar-refractivity contribution is 6.00. The SMILES string of the molecule is C[C@H](CCC(=O)O)[C@H]1CC[C@@]2(C)C3=C(C(=O)C[C@]12C)[C@@](C)(CCC(=O)O)[C@H]1C[C@@H]3O[C@@]1(C)CO. The van der Waals surface area contributed by atoms with E-state index >= 15 is 0 Å². The molecule has 1 saturated heterocycles. The van der Waals surface area contributed by atoms with Gasteiger partial charge in [-0.3, -0.25) is 14.4 Å². The maximum absolute atomic E-state index is 14.0. The van der Waals surface area contributed by atoms with Crippen molar-refractivity contribution in [3.05, 3.63) is 11.1 Å². The molecule has 1 aliphatic heterocycles. The Labute approximate surface area is 201 Å². The Bertz CT molecular complexity index is 939. The fraction of sp³-hybridized carbons (Fsp3) is 0.815. The summed E-state index contributed by atoms with van der Waals surface area (Å²) in [5, 5.41) is 29.0. The number of allylic oxidation sites excluding steroid dienone is 1. The summed E-state index contributed by atoms with van der Waals surface area (Å²) in [4.78, 5) is 36.8. The number of Topliss-reactive ketones (excluding diaryl/α,β-unsaturated/α-hetero) is 1. The molecule has 0 amide bonds. The lowest BCUT2D eigenvalue weighted by Crippen LogP contribution is -2.54. The van der Waals surface area contributed by atoms with Gasteiger partial charge in [0, 0.05) is 36.2 Å². The van der Waals surface area contributed by atoms with Gasteiger partial charge >= 0.3 is 11.9 Å². The predicted octanol–water partition coefficient (Wildman–Crippen LogP) is 4.22. The van der Waals surface area contributed by atoms with Crippen LogP contribution in [0, 0.1) is 34.0 Å². The van der Waals surface area contributed by atoms with Crippen molar-refractivity contribution in [2.45, 2.75) is 97.7 Å². The van der Waals surface area contributed by atoms with Crippen molar-refractivity contribution >= 4 is 17.7 Å². The molecule has 4 aliphatic rings. The van der Waals surface area contributed by atoms with E-state index in [0.717, 1.165) is 24.0 Å². The fourth-order valence-electron chi connectivity index (χ4n) is 8.70. The monoisotopic (exact) mass is 476 g/mol. The molecule has 0 unspecified atom stereocenters. The van der Waals surface area contributed by atoms with E-state index in [1.54, 1.807) is 0 Å². The van der Waals surface area contributed by atoms with Gasteiger partial charge in [-0.2, -0.15) is 0 Å². The van der Waals surface area contributed by atoms with Crippen LogP contribution in [0.1, 0.15) is 86.0 Å². The number of ketones is 1. The number of carboxylic acid groups (broad SMARTS) is 2. The lowest BCUT2D eigenvalue weighted by Gasteiger charge is -2.56. The average molecular weight is 477 g/mol. The Kier molecular flexibility index (Phi) is 6.08. The standard InChI is InChI=1S/C27H40O7/c1-15(6-7-20(30)31)16-8-11-25(3)23-18-12-19(27(5,14-28)34-18)24(2,10-9-21(32)33)22(23)17(29)13-26(16,25)4/h15-16,18-19,28H,6-14H2,1-5H3,(H,30,31)(H,32,33)/t15-,16-,18+,19-,24+,25+,26-,27+/m1/s1. The predicted molar refractivity (Wildman–Crippen MR) is 125 cm³/mol. The molecule has 190 valence electrons. The van der Waals surface area contributed by atoms with Crippen molar-refractivity contribution in [2.75, 3.05) is 6.61 Å². The molecule has 1 heterocycles. The first-order valence-electron chi connectivity index (χ1n) is 12.7. The number of carboxylic acids is 2. The third kappa shape index (κ3) is 3.41. The molecule has 3 N–H and O–H groups in total. The zero-order valence-corrected chi connectivity index (χ0v) is 21.1. The first kappa shape index (κ1) is 25.4. The van der Waals surface area contributed by atoms with Crippen molar-refractivity contribution < 1.29 is 34.4 Å². The molecule has 0 aromatic heterocycles. The Balaban J connectivity index is 1.82. The maximum Gasteiger partial charge on any atom is 0.303 e. The van der Waals surface area contributed by atoms with Crippen molar-refractivity contribution in [1.29, 1.82) is 0 Å². The Morgan fingerprint density at radius 2 is 1.76 bits per heavy atom. The van der Waals surface area contributed by atoms with E-state index < -0.39 is 23.0 Å². The molecule has 8 atom stereocenters. The van der Waals surface area contributed by atoms with Gasteiger partial charge in [0.15, 0.2) is 5.78 Å². The van der Waals surface area contributed by atoms with Gasteiger partial charge in [0.1, 0.15) is 0 Å². The number of fused-ring (bicyclic) bond motifs is 5. The molecule has 0 radical (unpaired) electrons. The van der Waals surface area contributed by atoms with E-state index in [4.69, 9.17) is 4.74 Å². The summed E-state index contributed by atoms with van der Waals surface area (Å²) in [6, 6.07) is 0. The number of aliphatic carboxylic acids is 2. The van der Waals surface area contributed by atoms with E-state index in [1.807, 2.05) is 13.8 Å². The van der Waals surface area contributed by atoms with Gasteiger partial charge in [-0.15, -0.1) is 0 Å². The lowest BCUT2D eigenvalue weighted by atomic mass is 9.46. The second kappa shape index (κ2) is 8.16. The van der Waals surface area contributed by atoms with Crippen LogP contribution in [-0.4, -0.2) is 51.4 Å². The second-order valence-corrected chi connectivity index (χ2v) is 12.4. The van der Waals surface area contributed by atoms with Crippen molar-refractivity contribution in [3.63, 3.8) is 0 Å². The van der Waals surface area contributed by atoms with E-state index in [2.05, 4.69) is 20.8 Å². The third-order valence-electron chi connectivity index (χ3n) is 10.6. The van der Waals surface area contributed by atoms with Gasteiger partial charge in [-0.1, -0.05) is 27.7 Å². The van der Waals surface area contributed by atoms with Crippen LogP contribution in [0.2, 0.25) is 0 Å². The number of aliphatic hydroxyl groups excluding tert-OH is 1. The number of hydrogen-bond acceptors (Lipinski definition) is 5. The third-order valence-corrected chi connectivity index (χ3v) is 10.6. The number of carbonyl (C=O) groups is 3. The lowest BCUT2D eigenvalue weighted by molar-refractivity contribution is -0.139. The van der Waals surface area contributed by atoms with Gasteiger partial charge in [-0.25, -0.2) is 0 Å². The highest BCUT2D eigenvalue weighted by Crippen LogP contribution is 2.72. The Morgan fingerprint density at radius 1 is 1.12 bits per heavy atom. The van der Waals surface area contributed by atoms with E-state index in [9.17, 15) is 29.7 Å². The number of rotatable bonds is 8. The molecule has 3 aliphatic carbocycles. The molecule has 0 spiro atoms. The van der Waals surface area contributed by atoms with Crippen LogP contribution >= 0.6 is 0 Å². The minimum Gasteiger partial charge on any atom is -0.481 e. The largest absolute Gasteiger partial charge is 0.481 e. The van der Waals surface area contributed by atoms with Crippen molar-refractivity contribution in [2.24, 2.45) is 34.0 Å². The molecule has 7 heteroatoms. The van der Waals surface area contributed by atoms with Gasteiger partial charge in [-0.05, 0) is 67.3 Å². The molecular weight excluding hydrogens is 436 g/mol. The van der Waals surface area contributed by atoms with Gasteiger partial charge in [0.2, 0.25) is 0 Å². The van der Waals surface area contributed by atoms with Gasteiger partial charge in [0.05, 0.1) is 18.3 Å².